The number of anilines is 1. The van der Waals surface area contributed by atoms with Crippen molar-refractivity contribution in [1.82, 2.24) is 14.5 Å². The first-order chi connectivity index (χ1) is 13.3. The standard InChI is InChI=1S/C20H21N5O2/c1-2-26-17-7-4-16(5-8-17)6-9-19-24-18(14-21)20(27-19)23-10-3-12-25-13-11-22-15-25/h4-9,11,13,15,23H,2-3,10,12H2,1H3. The molecule has 2 aromatic heterocycles. The van der Waals surface area contributed by atoms with Crippen LogP contribution in [0.4, 0.5) is 5.88 Å². The minimum absolute atomic E-state index is 0.254. The average molecular weight is 363 g/mol. The second-order valence-corrected chi connectivity index (χ2v) is 5.76. The van der Waals surface area contributed by atoms with Crippen LogP contribution in [0.2, 0.25) is 0 Å². The van der Waals surface area contributed by atoms with Crippen molar-refractivity contribution in [1.29, 1.82) is 5.26 Å². The fraction of sp³-hybridized carbons (Fsp3) is 0.250. The second-order valence-electron chi connectivity index (χ2n) is 5.76. The molecule has 0 fully saturated rings. The van der Waals surface area contributed by atoms with Crippen molar-refractivity contribution in [2.45, 2.75) is 19.9 Å². The molecule has 27 heavy (non-hydrogen) atoms. The molecule has 0 bridgehead atoms. The number of imidazole rings is 1. The van der Waals surface area contributed by atoms with Gasteiger partial charge in [0.2, 0.25) is 17.5 Å². The molecule has 0 aliphatic carbocycles. The first-order valence-corrected chi connectivity index (χ1v) is 8.80. The molecule has 1 aromatic carbocycles. The van der Waals surface area contributed by atoms with E-state index in [2.05, 4.69) is 21.4 Å². The number of aryl methyl sites for hydroxylation is 1. The van der Waals surface area contributed by atoms with Crippen LogP contribution in [0, 0.1) is 11.3 Å². The first-order valence-electron chi connectivity index (χ1n) is 8.80. The number of nitrogens with zero attached hydrogens (tertiary/aromatic N) is 4. The Morgan fingerprint density at radius 3 is 2.85 bits per heavy atom. The lowest BCUT2D eigenvalue weighted by atomic mass is 10.2. The summed E-state index contributed by atoms with van der Waals surface area (Å²) in [5, 5.41) is 12.4. The Labute approximate surface area is 157 Å². The van der Waals surface area contributed by atoms with E-state index in [1.54, 1.807) is 18.6 Å². The molecule has 0 amide bonds. The van der Waals surface area contributed by atoms with Gasteiger partial charge >= 0.3 is 0 Å². The molecular weight excluding hydrogens is 342 g/mol. The molecule has 0 aliphatic heterocycles. The molecule has 0 atom stereocenters. The summed E-state index contributed by atoms with van der Waals surface area (Å²) in [5.74, 6) is 1.62. The third-order valence-electron chi connectivity index (χ3n) is 3.80. The van der Waals surface area contributed by atoms with Crippen molar-refractivity contribution in [3.63, 3.8) is 0 Å². The minimum Gasteiger partial charge on any atom is -0.494 e. The van der Waals surface area contributed by atoms with Crippen LogP contribution in [0.5, 0.6) is 5.75 Å². The Kier molecular flexibility index (Phi) is 6.26. The van der Waals surface area contributed by atoms with Crippen molar-refractivity contribution in [3.05, 3.63) is 60.1 Å². The maximum atomic E-state index is 9.24. The molecule has 3 aromatic rings. The molecular formula is C20H21N5O2. The van der Waals surface area contributed by atoms with E-state index in [-0.39, 0.29) is 5.69 Å². The molecule has 1 N–H and O–H groups in total. The number of hydrogen-bond acceptors (Lipinski definition) is 6. The van der Waals surface area contributed by atoms with Gasteiger partial charge in [0, 0.05) is 31.6 Å². The third-order valence-corrected chi connectivity index (χ3v) is 3.80. The summed E-state index contributed by atoms with van der Waals surface area (Å²) in [5.41, 5.74) is 1.24. The Morgan fingerprint density at radius 1 is 1.30 bits per heavy atom. The van der Waals surface area contributed by atoms with Gasteiger partial charge in [-0.3, -0.25) is 0 Å². The number of benzene rings is 1. The fourth-order valence-electron chi connectivity index (χ4n) is 2.50. The van der Waals surface area contributed by atoms with E-state index in [0.717, 1.165) is 24.3 Å². The van der Waals surface area contributed by atoms with Crippen molar-refractivity contribution in [2.24, 2.45) is 0 Å². The Bertz CT molecular complexity index is 905. The molecule has 0 saturated heterocycles. The first kappa shape index (κ1) is 18.3. The van der Waals surface area contributed by atoms with Gasteiger partial charge in [0.25, 0.3) is 0 Å². The monoisotopic (exact) mass is 363 g/mol. The number of aromatic nitrogens is 3. The smallest absolute Gasteiger partial charge is 0.232 e. The Balaban J connectivity index is 1.57. The number of oxazole rings is 1. The van der Waals surface area contributed by atoms with Gasteiger partial charge in [0.05, 0.1) is 12.9 Å². The van der Waals surface area contributed by atoms with Crippen molar-refractivity contribution in [2.75, 3.05) is 18.5 Å². The van der Waals surface area contributed by atoms with E-state index in [0.29, 0.717) is 24.9 Å². The quantitative estimate of drug-likeness (QED) is 0.582. The molecule has 0 radical (unpaired) electrons. The number of hydrogen-bond donors (Lipinski definition) is 1. The lowest BCUT2D eigenvalue weighted by Crippen LogP contribution is -2.06. The van der Waals surface area contributed by atoms with E-state index in [9.17, 15) is 5.26 Å². The molecule has 138 valence electrons. The van der Waals surface area contributed by atoms with Crippen LogP contribution >= 0.6 is 0 Å². The SMILES string of the molecule is CCOc1ccc(C=Cc2nc(C#N)c(NCCCn3ccnc3)o2)cc1. The minimum atomic E-state index is 0.254. The molecule has 7 nitrogen and oxygen atoms in total. The summed E-state index contributed by atoms with van der Waals surface area (Å²) in [6.45, 7) is 4.10. The average Bonchev–Trinajstić information content (AvgIpc) is 3.34. The summed E-state index contributed by atoms with van der Waals surface area (Å²) in [4.78, 5) is 8.21. The molecule has 2 heterocycles. The molecule has 0 unspecified atom stereocenters. The lowest BCUT2D eigenvalue weighted by molar-refractivity contribution is 0.340. The van der Waals surface area contributed by atoms with Crippen molar-refractivity contribution < 1.29 is 9.15 Å². The van der Waals surface area contributed by atoms with Crippen LogP contribution in [0.15, 0.2) is 47.4 Å². The van der Waals surface area contributed by atoms with Crippen LogP contribution < -0.4 is 10.1 Å². The predicted octanol–water partition coefficient (Wildman–Crippen LogP) is 3.81. The van der Waals surface area contributed by atoms with Gasteiger partial charge in [0.1, 0.15) is 11.8 Å². The summed E-state index contributed by atoms with van der Waals surface area (Å²) < 4.78 is 13.1. The van der Waals surface area contributed by atoms with Gasteiger partial charge < -0.3 is 19.0 Å². The van der Waals surface area contributed by atoms with E-state index >= 15 is 0 Å². The number of nitrogens with one attached hydrogen (secondary N) is 1. The second kappa shape index (κ2) is 9.25. The molecule has 0 spiro atoms. The Morgan fingerprint density at radius 2 is 2.15 bits per heavy atom. The van der Waals surface area contributed by atoms with E-state index in [1.165, 1.54) is 0 Å². The summed E-state index contributed by atoms with van der Waals surface area (Å²) in [6, 6.07) is 9.77. The van der Waals surface area contributed by atoms with E-state index in [4.69, 9.17) is 9.15 Å². The topological polar surface area (TPSA) is 88.9 Å². The number of ether oxygens (including phenoxy) is 1. The van der Waals surface area contributed by atoms with Gasteiger partial charge in [-0.15, -0.1) is 0 Å². The van der Waals surface area contributed by atoms with Crippen LogP contribution in [-0.2, 0) is 6.54 Å². The maximum Gasteiger partial charge on any atom is 0.232 e. The van der Waals surface area contributed by atoms with Crippen LogP contribution in [0.3, 0.4) is 0 Å². The zero-order valence-electron chi connectivity index (χ0n) is 15.1. The fourth-order valence-corrected chi connectivity index (χ4v) is 2.50. The normalized spacial score (nSPS) is 10.8. The summed E-state index contributed by atoms with van der Waals surface area (Å²) >= 11 is 0. The van der Waals surface area contributed by atoms with Crippen molar-refractivity contribution in [3.8, 4) is 11.8 Å². The molecule has 7 heteroatoms. The van der Waals surface area contributed by atoms with Crippen LogP contribution in [-0.4, -0.2) is 27.7 Å². The molecule has 0 saturated carbocycles. The number of rotatable bonds is 9. The molecule has 0 aliphatic rings. The van der Waals surface area contributed by atoms with Gasteiger partial charge in [0.15, 0.2) is 0 Å². The largest absolute Gasteiger partial charge is 0.494 e. The Hall–Kier alpha value is -3.53. The lowest BCUT2D eigenvalue weighted by Gasteiger charge is -2.03. The van der Waals surface area contributed by atoms with Gasteiger partial charge in [-0.1, -0.05) is 12.1 Å². The van der Waals surface area contributed by atoms with E-state index in [1.807, 2.05) is 48.0 Å². The highest BCUT2D eigenvalue weighted by Crippen LogP contribution is 2.19. The van der Waals surface area contributed by atoms with Gasteiger partial charge in [-0.05, 0) is 37.1 Å². The van der Waals surface area contributed by atoms with Gasteiger partial charge in [-0.2, -0.15) is 10.2 Å². The highest BCUT2D eigenvalue weighted by atomic mass is 16.5. The van der Waals surface area contributed by atoms with E-state index < -0.39 is 0 Å². The molecule has 3 rings (SSSR count). The van der Waals surface area contributed by atoms with Crippen LogP contribution in [0.25, 0.3) is 12.2 Å². The van der Waals surface area contributed by atoms with Gasteiger partial charge in [-0.25, -0.2) is 4.98 Å². The van der Waals surface area contributed by atoms with Crippen LogP contribution in [0.1, 0.15) is 30.5 Å². The summed E-state index contributed by atoms with van der Waals surface area (Å²) in [7, 11) is 0. The zero-order chi connectivity index (χ0) is 18.9. The van der Waals surface area contributed by atoms with Crippen molar-refractivity contribution >= 4 is 18.0 Å². The third kappa shape index (κ3) is 5.22. The maximum absolute atomic E-state index is 9.24. The highest BCUT2D eigenvalue weighted by Gasteiger charge is 2.10. The number of nitriles is 1. The zero-order valence-corrected chi connectivity index (χ0v) is 15.1. The summed E-state index contributed by atoms with van der Waals surface area (Å²) in [6.07, 6.45) is 9.94. The predicted molar refractivity (Wildman–Crippen MR) is 103 cm³/mol. The highest BCUT2D eigenvalue weighted by molar-refractivity contribution is 5.67.